The Kier molecular flexibility index (Phi) is 5.73. The minimum absolute atomic E-state index is 0.0424. The molecular weight excluding hydrogens is 244 g/mol. The second-order valence-corrected chi connectivity index (χ2v) is 3.79. The molecule has 5 nitrogen and oxygen atoms in total. The van der Waals surface area contributed by atoms with Crippen LogP contribution in [0.5, 0.6) is 0 Å². The van der Waals surface area contributed by atoms with Gasteiger partial charge in [-0.1, -0.05) is 6.92 Å². The van der Waals surface area contributed by atoms with Crippen LogP contribution in [0.25, 0.3) is 0 Å². The van der Waals surface area contributed by atoms with Gasteiger partial charge in [0, 0.05) is 19.2 Å². The van der Waals surface area contributed by atoms with Crippen LogP contribution in [0, 0.1) is 11.6 Å². The number of nitrogens with zero attached hydrogens (tertiary/aromatic N) is 1. The molecule has 0 amide bonds. The smallest absolute Gasteiger partial charge is 0.168 e. The minimum Gasteiger partial charge on any atom is -0.394 e. The van der Waals surface area contributed by atoms with Crippen molar-refractivity contribution in [2.45, 2.75) is 19.4 Å². The first-order valence-corrected chi connectivity index (χ1v) is 5.71. The number of aliphatic hydroxyl groups is 2. The van der Waals surface area contributed by atoms with Gasteiger partial charge in [0.1, 0.15) is 0 Å². The van der Waals surface area contributed by atoms with E-state index in [0.717, 1.165) is 12.5 Å². The highest BCUT2D eigenvalue weighted by Gasteiger charge is 2.12. The van der Waals surface area contributed by atoms with Crippen molar-refractivity contribution in [3.63, 3.8) is 0 Å². The van der Waals surface area contributed by atoms with E-state index in [2.05, 4.69) is 15.6 Å². The van der Waals surface area contributed by atoms with Gasteiger partial charge in [-0.15, -0.1) is 0 Å². The van der Waals surface area contributed by atoms with Crippen LogP contribution in [0.15, 0.2) is 6.07 Å². The quantitative estimate of drug-likeness (QED) is 0.588. The number of hydrogen-bond acceptors (Lipinski definition) is 5. The molecule has 1 atom stereocenters. The van der Waals surface area contributed by atoms with Crippen molar-refractivity contribution >= 4 is 11.6 Å². The fourth-order valence-corrected chi connectivity index (χ4v) is 1.24. The Hall–Kier alpha value is -1.47. The van der Waals surface area contributed by atoms with Crippen LogP contribution >= 0.6 is 0 Å². The average molecular weight is 261 g/mol. The second kappa shape index (κ2) is 7.07. The predicted octanol–water partition coefficient (Wildman–Crippen LogP) is 0.947. The molecule has 102 valence electrons. The van der Waals surface area contributed by atoms with Gasteiger partial charge in [-0.2, -0.15) is 0 Å². The summed E-state index contributed by atoms with van der Waals surface area (Å²) in [5.74, 6) is -1.82. The van der Waals surface area contributed by atoms with Crippen molar-refractivity contribution in [3.05, 3.63) is 17.7 Å². The van der Waals surface area contributed by atoms with E-state index < -0.39 is 24.3 Å². The Bertz CT molecular complexity index is 391. The van der Waals surface area contributed by atoms with E-state index in [4.69, 9.17) is 10.2 Å². The Morgan fingerprint density at radius 3 is 2.44 bits per heavy atom. The fourth-order valence-electron chi connectivity index (χ4n) is 1.24. The van der Waals surface area contributed by atoms with E-state index >= 15 is 0 Å². The molecule has 0 aromatic carbocycles. The monoisotopic (exact) mass is 261 g/mol. The molecule has 1 aromatic rings. The number of rotatable bonds is 7. The summed E-state index contributed by atoms with van der Waals surface area (Å²) in [6.07, 6.45) is -0.242. The lowest BCUT2D eigenvalue weighted by Gasteiger charge is -2.12. The minimum atomic E-state index is -1.02. The van der Waals surface area contributed by atoms with Crippen LogP contribution < -0.4 is 10.6 Å². The highest BCUT2D eigenvalue weighted by Crippen LogP contribution is 2.18. The van der Waals surface area contributed by atoms with Crippen LogP contribution in [0.1, 0.15) is 13.3 Å². The van der Waals surface area contributed by atoms with E-state index in [1.165, 1.54) is 0 Å². The van der Waals surface area contributed by atoms with Gasteiger partial charge in [-0.25, -0.2) is 13.8 Å². The number of pyridine rings is 1. The molecule has 0 aliphatic rings. The molecule has 4 N–H and O–H groups in total. The predicted molar refractivity (Wildman–Crippen MR) is 64.5 cm³/mol. The van der Waals surface area contributed by atoms with E-state index in [1.54, 1.807) is 0 Å². The van der Waals surface area contributed by atoms with Gasteiger partial charge in [0.05, 0.1) is 12.7 Å². The van der Waals surface area contributed by atoms with Crippen molar-refractivity contribution in [1.29, 1.82) is 0 Å². The summed E-state index contributed by atoms with van der Waals surface area (Å²) in [6.45, 7) is 1.91. The fraction of sp³-hybridized carbons (Fsp3) is 0.545. The average Bonchev–Trinajstić information content (AvgIpc) is 2.36. The van der Waals surface area contributed by atoms with Gasteiger partial charge in [0.2, 0.25) is 0 Å². The summed E-state index contributed by atoms with van der Waals surface area (Å²) in [5.41, 5.74) is 0. The summed E-state index contributed by atoms with van der Waals surface area (Å²) in [7, 11) is 0. The summed E-state index contributed by atoms with van der Waals surface area (Å²) < 4.78 is 26.7. The molecule has 1 unspecified atom stereocenters. The molecule has 18 heavy (non-hydrogen) atoms. The zero-order valence-electron chi connectivity index (χ0n) is 10.1. The second-order valence-electron chi connectivity index (χ2n) is 3.79. The molecule has 0 aliphatic heterocycles. The van der Waals surface area contributed by atoms with Crippen LogP contribution in [-0.4, -0.2) is 41.0 Å². The normalized spacial score (nSPS) is 12.3. The topological polar surface area (TPSA) is 77.4 Å². The Labute approximate surface area is 104 Å². The van der Waals surface area contributed by atoms with Crippen LogP contribution in [-0.2, 0) is 0 Å². The van der Waals surface area contributed by atoms with Crippen molar-refractivity contribution in [3.8, 4) is 0 Å². The molecule has 7 heteroatoms. The first-order chi connectivity index (χ1) is 8.58. The van der Waals surface area contributed by atoms with Gasteiger partial charge in [0.15, 0.2) is 23.3 Å². The van der Waals surface area contributed by atoms with E-state index in [-0.39, 0.29) is 18.2 Å². The largest absolute Gasteiger partial charge is 0.394 e. The molecule has 1 heterocycles. The maximum atomic E-state index is 13.4. The van der Waals surface area contributed by atoms with E-state index in [1.807, 2.05) is 6.92 Å². The molecular formula is C11H17F2N3O2. The third kappa shape index (κ3) is 4.08. The van der Waals surface area contributed by atoms with Crippen molar-refractivity contribution in [1.82, 2.24) is 4.98 Å². The first-order valence-electron chi connectivity index (χ1n) is 5.71. The summed E-state index contributed by atoms with van der Waals surface area (Å²) in [5, 5.41) is 23.0. The van der Waals surface area contributed by atoms with Gasteiger partial charge in [-0.3, -0.25) is 0 Å². The standard InChI is InChI=1S/C11H17F2N3O2/c1-2-3-14-10-8(12)4-9(13)11(16-10)15-5-7(18)6-17/h4,7,17-18H,2-3,5-6H2,1H3,(H2,14,15,16). The van der Waals surface area contributed by atoms with Gasteiger partial charge >= 0.3 is 0 Å². The molecule has 1 aromatic heterocycles. The first kappa shape index (κ1) is 14.6. The van der Waals surface area contributed by atoms with Crippen molar-refractivity contribution < 1.29 is 19.0 Å². The van der Waals surface area contributed by atoms with Gasteiger partial charge in [-0.05, 0) is 6.42 Å². The number of aliphatic hydroxyl groups excluding tert-OH is 2. The van der Waals surface area contributed by atoms with Crippen LogP contribution in [0.3, 0.4) is 0 Å². The Morgan fingerprint density at radius 1 is 1.28 bits per heavy atom. The molecule has 0 aliphatic carbocycles. The van der Waals surface area contributed by atoms with Crippen molar-refractivity contribution in [2.24, 2.45) is 0 Å². The third-order valence-corrected chi connectivity index (χ3v) is 2.19. The molecule has 0 bridgehead atoms. The maximum Gasteiger partial charge on any atom is 0.168 e. The number of halogens is 2. The SMILES string of the molecule is CCCNc1nc(NCC(O)CO)c(F)cc1F. The molecule has 0 radical (unpaired) electrons. The number of hydrogen-bond donors (Lipinski definition) is 4. The zero-order valence-corrected chi connectivity index (χ0v) is 10.1. The van der Waals surface area contributed by atoms with Crippen LogP contribution in [0.2, 0.25) is 0 Å². The third-order valence-electron chi connectivity index (χ3n) is 2.19. The lowest BCUT2D eigenvalue weighted by Crippen LogP contribution is -2.24. The highest BCUT2D eigenvalue weighted by molar-refractivity contribution is 5.47. The molecule has 0 saturated carbocycles. The molecule has 0 spiro atoms. The highest BCUT2D eigenvalue weighted by atomic mass is 19.1. The summed E-state index contributed by atoms with van der Waals surface area (Å²) in [6, 6.07) is 0.721. The maximum absolute atomic E-state index is 13.4. The number of aromatic nitrogens is 1. The lowest BCUT2D eigenvalue weighted by molar-refractivity contribution is 0.105. The van der Waals surface area contributed by atoms with Crippen molar-refractivity contribution in [2.75, 3.05) is 30.3 Å². The zero-order chi connectivity index (χ0) is 13.5. The van der Waals surface area contributed by atoms with Crippen LogP contribution in [0.4, 0.5) is 20.4 Å². The van der Waals surface area contributed by atoms with Gasteiger partial charge in [0.25, 0.3) is 0 Å². The Balaban J connectivity index is 2.77. The van der Waals surface area contributed by atoms with Gasteiger partial charge < -0.3 is 20.8 Å². The van der Waals surface area contributed by atoms with E-state index in [9.17, 15) is 8.78 Å². The molecule has 0 saturated heterocycles. The molecule has 0 fully saturated rings. The van der Waals surface area contributed by atoms with E-state index in [0.29, 0.717) is 6.54 Å². The number of nitrogens with one attached hydrogen (secondary N) is 2. The Morgan fingerprint density at radius 2 is 1.89 bits per heavy atom. The summed E-state index contributed by atoms with van der Waals surface area (Å²) in [4.78, 5) is 3.75. The molecule has 1 rings (SSSR count). The lowest BCUT2D eigenvalue weighted by atomic mass is 10.3. The summed E-state index contributed by atoms with van der Waals surface area (Å²) >= 11 is 0. The number of anilines is 2.